The topological polar surface area (TPSA) is 79.4 Å². The molecule has 3 N–H and O–H groups in total. The van der Waals surface area contributed by atoms with Crippen LogP contribution in [0.3, 0.4) is 0 Å². The second kappa shape index (κ2) is 3.31. The number of hydroxylamine groups is 2. The molecule has 0 radical (unpaired) electrons. The summed E-state index contributed by atoms with van der Waals surface area (Å²) in [5.41, 5.74) is 4.86. The van der Waals surface area contributed by atoms with Crippen molar-refractivity contribution in [1.29, 1.82) is 5.41 Å². The average molecular weight is 149 g/mol. The standard InChI is InChI=1S/C3H7N3O2S/c1-8-6(2(4)5)3(7)9/h1H3,(H3,4,5)(H,7,9). The van der Waals surface area contributed by atoms with E-state index in [4.69, 9.17) is 11.1 Å². The lowest BCUT2D eigenvalue weighted by Gasteiger charge is -2.12. The van der Waals surface area contributed by atoms with Crippen LogP contribution in [0.25, 0.3) is 0 Å². The first-order chi connectivity index (χ1) is 4.09. The average Bonchev–Trinajstić information content (AvgIpc) is 1.64. The molecule has 0 rings (SSSR count). The lowest BCUT2D eigenvalue weighted by atomic mass is 10.9. The summed E-state index contributed by atoms with van der Waals surface area (Å²) >= 11 is 3.35. The molecule has 0 aliphatic heterocycles. The minimum atomic E-state index is -0.718. The summed E-state index contributed by atoms with van der Waals surface area (Å²) in [5, 5.41) is 6.52. The molecule has 0 aromatic heterocycles. The van der Waals surface area contributed by atoms with Gasteiger partial charge in [0.15, 0.2) is 0 Å². The number of amides is 1. The zero-order valence-electron chi connectivity index (χ0n) is 4.79. The van der Waals surface area contributed by atoms with Gasteiger partial charge in [-0.3, -0.25) is 15.0 Å². The molecule has 0 bridgehead atoms. The number of hydrogen-bond acceptors (Lipinski definition) is 3. The Morgan fingerprint density at radius 2 is 2.33 bits per heavy atom. The summed E-state index contributed by atoms with van der Waals surface area (Å²) in [6.07, 6.45) is 0. The molecule has 0 aromatic carbocycles. The lowest BCUT2D eigenvalue weighted by molar-refractivity contribution is -0.0161. The minimum absolute atomic E-state index is 0.488. The van der Waals surface area contributed by atoms with Crippen molar-refractivity contribution in [2.24, 2.45) is 5.73 Å². The molecule has 0 heterocycles. The number of nitrogens with two attached hydrogens (primary N) is 1. The fourth-order valence-electron chi connectivity index (χ4n) is 0.279. The molecule has 5 nitrogen and oxygen atoms in total. The van der Waals surface area contributed by atoms with Crippen LogP contribution < -0.4 is 5.73 Å². The maximum Gasteiger partial charge on any atom is 0.309 e. The van der Waals surface area contributed by atoms with Crippen LogP contribution in [0.5, 0.6) is 0 Å². The van der Waals surface area contributed by atoms with Crippen LogP contribution in [-0.2, 0) is 4.84 Å². The molecule has 1 amide bonds. The normalized spacial score (nSPS) is 8.67. The van der Waals surface area contributed by atoms with Gasteiger partial charge >= 0.3 is 5.24 Å². The smallest absolute Gasteiger partial charge is 0.309 e. The van der Waals surface area contributed by atoms with Crippen molar-refractivity contribution in [2.45, 2.75) is 0 Å². The number of thiol groups is 1. The summed E-state index contributed by atoms with van der Waals surface area (Å²) < 4.78 is 0. The molecule has 9 heavy (non-hydrogen) atoms. The van der Waals surface area contributed by atoms with Gasteiger partial charge in [0, 0.05) is 0 Å². The Hall–Kier alpha value is -0.750. The van der Waals surface area contributed by atoms with E-state index in [-0.39, 0.29) is 0 Å². The third-order valence-corrected chi connectivity index (χ3v) is 0.757. The van der Waals surface area contributed by atoms with Gasteiger partial charge in [-0.2, -0.15) is 0 Å². The van der Waals surface area contributed by atoms with E-state index in [1.165, 1.54) is 7.11 Å². The monoisotopic (exact) mass is 149 g/mol. The van der Waals surface area contributed by atoms with Crippen LogP contribution in [0.15, 0.2) is 0 Å². The molecule has 0 saturated heterocycles. The predicted molar refractivity (Wildman–Crippen MR) is 35.1 cm³/mol. The summed E-state index contributed by atoms with van der Waals surface area (Å²) in [4.78, 5) is 14.6. The Kier molecular flexibility index (Phi) is 3.03. The van der Waals surface area contributed by atoms with Crippen molar-refractivity contribution in [3.63, 3.8) is 0 Å². The molecule has 0 saturated carbocycles. The van der Waals surface area contributed by atoms with E-state index >= 15 is 0 Å². The van der Waals surface area contributed by atoms with Crippen LogP contribution in [0, 0.1) is 5.41 Å². The third-order valence-electron chi connectivity index (χ3n) is 0.575. The van der Waals surface area contributed by atoms with E-state index in [1.54, 1.807) is 0 Å². The van der Waals surface area contributed by atoms with E-state index < -0.39 is 11.2 Å². The Morgan fingerprint density at radius 1 is 1.89 bits per heavy atom. The molecule has 0 aliphatic rings. The number of carbonyl (C=O) groups excluding carboxylic acids is 1. The second-order valence-electron chi connectivity index (χ2n) is 1.14. The zero-order chi connectivity index (χ0) is 7.44. The molecule has 0 unspecified atom stereocenters. The van der Waals surface area contributed by atoms with Gasteiger partial charge in [-0.15, -0.1) is 5.06 Å². The van der Waals surface area contributed by atoms with Gasteiger partial charge < -0.3 is 5.73 Å². The van der Waals surface area contributed by atoms with Gasteiger partial charge in [-0.25, -0.2) is 0 Å². The molecule has 0 aromatic rings. The van der Waals surface area contributed by atoms with Crippen molar-refractivity contribution in [3.05, 3.63) is 0 Å². The van der Waals surface area contributed by atoms with Crippen LogP contribution >= 0.6 is 12.6 Å². The van der Waals surface area contributed by atoms with E-state index in [0.29, 0.717) is 5.06 Å². The van der Waals surface area contributed by atoms with Crippen molar-refractivity contribution >= 4 is 23.8 Å². The first-order valence-electron chi connectivity index (χ1n) is 2.00. The summed E-state index contributed by atoms with van der Waals surface area (Å²) in [6, 6.07) is 0. The molecule has 0 aliphatic carbocycles. The summed E-state index contributed by atoms with van der Waals surface area (Å²) in [7, 11) is 1.22. The number of hydrogen-bond donors (Lipinski definition) is 3. The molecule has 0 spiro atoms. The first-order valence-corrected chi connectivity index (χ1v) is 2.45. The lowest BCUT2D eigenvalue weighted by Crippen LogP contribution is -2.37. The predicted octanol–water partition coefficient (Wildman–Crippen LogP) is -0.207. The van der Waals surface area contributed by atoms with E-state index in [1.807, 2.05) is 0 Å². The molecule has 52 valence electrons. The molecule has 0 atom stereocenters. The zero-order valence-corrected chi connectivity index (χ0v) is 5.68. The second-order valence-corrected chi connectivity index (χ2v) is 1.53. The van der Waals surface area contributed by atoms with Crippen molar-refractivity contribution in [3.8, 4) is 0 Å². The highest BCUT2D eigenvalue weighted by molar-refractivity contribution is 7.96. The molecule has 6 heteroatoms. The summed E-state index contributed by atoms with van der Waals surface area (Å²) in [5.74, 6) is -0.488. The number of carbonyl (C=O) groups is 1. The van der Waals surface area contributed by atoms with Crippen molar-refractivity contribution in [1.82, 2.24) is 5.06 Å². The van der Waals surface area contributed by atoms with Crippen LogP contribution in [0.1, 0.15) is 0 Å². The van der Waals surface area contributed by atoms with E-state index in [0.717, 1.165) is 0 Å². The SMILES string of the molecule is CON(C(=N)N)C(=O)S. The van der Waals surface area contributed by atoms with Crippen molar-refractivity contribution in [2.75, 3.05) is 7.11 Å². The van der Waals surface area contributed by atoms with Gasteiger partial charge in [0.1, 0.15) is 0 Å². The number of nitrogens with one attached hydrogen (secondary N) is 1. The van der Waals surface area contributed by atoms with Gasteiger partial charge in [-0.05, 0) is 0 Å². The van der Waals surface area contributed by atoms with Crippen LogP contribution in [-0.4, -0.2) is 23.4 Å². The van der Waals surface area contributed by atoms with Crippen molar-refractivity contribution < 1.29 is 9.63 Å². The highest BCUT2D eigenvalue weighted by Gasteiger charge is 2.10. The van der Waals surface area contributed by atoms with Crippen LogP contribution in [0.2, 0.25) is 0 Å². The highest BCUT2D eigenvalue weighted by atomic mass is 32.1. The first kappa shape index (κ1) is 8.25. The largest absolute Gasteiger partial charge is 0.368 e. The fourth-order valence-corrected chi connectivity index (χ4v) is 0.469. The minimum Gasteiger partial charge on any atom is -0.368 e. The number of rotatable bonds is 1. The molecular formula is C3H7N3O2S. The van der Waals surface area contributed by atoms with Gasteiger partial charge in [-0.1, -0.05) is 12.6 Å². The quantitative estimate of drug-likeness (QED) is 0.209. The fraction of sp³-hybridized carbons (Fsp3) is 0.333. The number of nitrogens with zero attached hydrogens (tertiary/aromatic N) is 1. The number of guanidine groups is 1. The third kappa shape index (κ3) is 2.34. The Balaban J connectivity index is 3.99. The molecule has 0 fully saturated rings. The van der Waals surface area contributed by atoms with Gasteiger partial charge in [0.25, 0.3) is 0 Å². The Morgan fingerprint density at radius 3 is 2.33 bits per heavy atom. The maximum atomic E-state index is 10.3. The Bertz CT molecular complexity index is 123. The molecular weight excluding hydrogens is 142 g/mol. The highest BCUT2D eigenvalue weighted by Crippen LogP contribution is 1.92. The van der Waals surface area contributed by atoms with E-state index in [9.17, 15) is 4.79 Å². The Labute approximate surface area is 57.6 Å². The van der Waals surface area contributed by atoms with Gasteiger partial charge in [0.05, 0.1) is 7.11 Å². The maximum absolute atomic E-state index is 10.3. The van der Waals surface area contributed by atoms with Crippen LogP contribution in [0.4, 0.5) is 4.79 Å². The summed E-state index contributed by atoms with van der Waals surface area (Å²) in [6.45, 7) is 0. The van der Waals surface area contributed by atoms with Gasteiger partial charge in [0.2, 0.25) is 5.96 Å². The van der Waals surface area contributed by atoms with E-state index in [2.05, 4.69) is 17.5 Å².